The molecule has 0 aliphatic heterocycles. The lowest BCUT2D eigenvalue weighted by atomic mass is 10.2. The number of amides is 2. The number of nitrogens with zero attached hydrogens (tertiary/aromatic N) is 1. The molecule has 0 saturated carbocycles. The highest BCUT2D eigenvalue weighted by atomic mass is 16.2. The quantitative estimate of drug-likeness (QED) is 0.819. The van der Waals surface area contributed by atoms with E-state index in [1.54, 1.807) is 4.90 Å². The zero-order valence-corrected chi connectivity index (χ0v) is 10.5. The van der Waals surface area contributed by atoms with Crippen LogP contribution in [0.25, 0.3) is 0 Å². The van der Waals surface area contributed by atoms with Crippen LogP contribution < -0.4 is 16.0 Å². The average molecular weight is 235 g/mol. The molecular weight excluding hydrogens is 214 g/mol. The Balaban J connectivity index is 2.76. The van der Waals surface area contributed by atoms with Crippen LogP contribution >= 0.6 is 0 Å². The Morgan fingerprint density at radius 1 is 1.35 bits per heavy atom. The molecule has 4 nitrogen and oxygen atoms in total. The normalized spacial score (nSPS) is 10.4. The topological polar surface area (TPSA) is 58.4 Å². The highest BCUT2D eigenvalue weighted by molar-refractivity contribution is 5.92. The summed E-state index contributed by atoms with van der Waals surface area (Å²) in [5.41, 5.74) is 6.40. The van der Waals surface area contributed by atoms with E-state index >= 15 is 0 Å². The second-order valence-electron chi connectivity index (χ2n) is 4.23. The molecule has 17 heavy (non-hydrogen) atoms. The van der Waals surface area contributed by atoms with Crippen LogP contribution in [0.5, 0.6) is 0 Å². The second kappa shape index (κ2) is 6.91. The molecule has 0 unspecified atom stereocenters. The minimum Gasteiger partial charge on any atom is -0.336 e. The molecule has 3 N–H and O–H groups in total. The molecule has 2 amide bonds. The van der Waals surface area contributed by atoms with Gasteiger partial charge in [-0.25, -0.2) is 4.79 Å². The number of nitrogens with two attached hydrogens (primary N) is 1. The van der Waals surface area contributed by atoms with Crippen molar-refractivity contribution in [2.75, 3.05) is 18.0 Å². The summed E-state index contributed by atoms with van der Waals surface area (Å²) in [5, 5.41) is 2.90. The number of rotatable bonds is 5. The van der Waals surface area contributed by atoms with E-state index in [0.717, 1.165) is 12.1 Å². The van der Waals surface area contributed by atoms with E-state index in [9.17, 15) is 4.79 Å². The van der Waals surface area contributed by atoms with E-state index in [1.165, 1.54) is 0 Å². The number of hydrogen-bond donors (Lipinski definition) is 2. The largest absolute Gasteiger partial charge is 0.336 e. The van der Waals surface area contributed by atoms with Gasteiger partial charge in [0.2, 0.25) is 0 Å². The Morgan fingerprint density at radius 2 is 2.00 bits per heavy atom. The number of nitrogens with one attached hydrogen (secondary N) is 1. The predicted molar refractivity (Wildman–Crippen MR) is 71.1 cm³/mol. The fourth-order valence-corrected chi connectivity index (χ4v) is 1.53. The number of para-hydroxylation sites is 1. The molecule has 4 heteroatoms. The maximum absolute atomic E-state index is 12.0. The first-order valence-electron chi connectivity index (χ1n) is 5.98. The van der Waals surface area contributed by atoms with Crippen molar-refractivity contribution in [1.29, 1.82) is 0 Å². The van der Waals surface area contributed by atoms with Crippen molar-refractivity contribution < 1.29 is 4.79 Å². The fourth-order valence-electron chi connectivity index (χ4n) is 1.53. The Labute approximate surface area is 103 Å². The van der Waals surface area contributed by atoms with Crippen molar-refractivity contribution in [3.63, 3.8) is 0 Å². The molecule has 1 aromatic carbocycles. The van der Waals surface area contributed by atoms with E-state index in [-0.39, 0.29) is 12.1 Å². The summed E-state index contributed by atoms with van der Waals surface area (Å²) in [6, 6.07) is 9.70. The lowest BCUT2D eigenvalue weighted by Gasteiger charge is -2.24. The number of urea groups is 1. The second-order valence-corrected chi connectivity index (χ2v) is 4.23. The van der Waals surface area contributed by atoms with E-state index in [2.05, 4.69) is 5.32 Å². The average Bonchev–Trinajstić information content (AvgIpc) is 2.30. The van der Waals surface area contributed by atoms with Gasteiger partial charge in [0.1, 0.15) is 0 Å². The van der Waals surface area contributed by atoms with Gasteiger partial charge in [0.25, 0.3) is 0 Å². The zero-order chi connectivity index (χ0) is 12.7. The first-order valence-corrected chi connectivity index (χ1v) is 5.98. The van der Waals surface area contributed by atoms with Gasteiger partial charge in [0.05, 0.1) is 0 Å². The van der Waals surface area contributed by atoms with Crippen molar-refractivity contribution in [3.05, 3.63) is 30.3 Å². The van der Waals surface area contributed by atoms with Gasteiger partial charge in [-0.3, -0.25) is 4.90 Å². The van der Waals surface area contributed by atoms with Crippen LogP contribution in [0.15, 0.2) is 30.3 Å². The molecule has 0 bridgehead atoms. The van der Waals surface area contributed by atoms with Gasteiger partial charge in [0.15, 0.2) is 0 Å². The Kier molecular flexibility index (Phi) is 5.49. The smallest absolute Gasteiger partial charge is 0.322 e. The highest BCUT2D eigenvalue weighted by Crippen LogP contribution is 2.13. The van der Waals surface area contributed by atoms with Gasteiger partial charge in [-0.1, -0.05) is 18.2 Å². The van der Waals surface area contributed by atoms with Gasteiger partial charge in [0, 0.05) is 18.3 Å². The molecule has 0 radical (unpaired) electrons. The maximum atomic E-state index is 12.0. The number of benzene rings is 1. The summed E-state index contributed by atoms with van der Waals surface area (Å²) >= 11 is 0. The molecule has 0 fully saturated rings. The third kappa shape index (κ3) is 4.44. The lowest BCUT2D eigenvalue weighted by molar-refractivity contribution is 0.244. The molecule has 1 aromatic rings. The molecule has 0 aromatic heterocycles. The third-order valence-corrected chi connectivity index (χ3v) is 2.31. The third-order valence-electron chi connectivity index (χ3n) is 2.31. The summed E-state index contributed by atoms with van der Waals surface area (Å²) < 4.78 is 0. The number of carbonyl (C=O) groups is 1. The van der Waals surface area contributed by atoms with Crippen LogP contribution in [0.1, 0.15) is 20.3 Å². The summed E-state index contributed by atoms with van der Waals surface area (Å²) in [7, 11) is 0. The van der Waals surface area contributed by atoms with Crippen LogP contribution in [-0.2, 0) is 0 Å². The molecule has 1 rings (SSSR count). The molecule has 0 atom stereocenters. The van der Waals surface area contributed by atoms with E-state index in [4.69, 9.17) is 5.73 Å². The van der Waals surface area contributed by atoms with Crippen LogP contribution in [0.4, 0.5) is 10.5 Å². The standard InChI is InChI=1S/C13H21N3O/c1-11(2)15-13(17)16(10-6-9-14)12-7-4-3-5-8-12/h3-5,7-8,11H,6,9-10,14H2,1-2H3,(H,15,17). The maximum Gasteiger partial charge on any atom is 0.322 e. The van der Waals surface area contributed by atoms with Crippen LogP contribution in [0, 0.1) is 0 Å². The summed E-state index contributed by atoms with van der Waals surface area (Å²) in [5.74, 6) is 0. The van der Waals surface area contributed by atoms with Gasteiger partial charge in [-0.15, -0.1) is 0 Å². The minimum atomic E-state index is -0.0698. The van der Waals surface area contributed by atoms with E-state index < -0.39 is 0 Å². The monoisotopic (exact) mass is 235 g/mol. The van der Waals surface area contributed by atoms with Crippen molar-refractivity contribution >= 4 is 11.7 Å². The predicted octanol–water partition coefficient (Wildman–Crippen LogP) is 1.96. The zero-order valence-electron chi connectivity index (χ0n) is 10.5. The van der Waals surface area contributed by atoms with E-state index in [0.29, 0.717) is 13.1 Å². The molecule has 0 saturated heterocycles. The molecule has 94 valence electrons. The van der Waals surface area contributed by atoms with Crippen LogP contribution in [0.3, 0.4) is 0 Å². The SMILES string of the molecule is CC(C)NC(=O)N(CCCN)c1ccccc1. The van der Waals surface area contributed by atoms with Gasteiger partial charge in [-0.05, 0) is 38.9 Å². The first kappa shape index (κ1) is 13.5. The van der Waals surface area contributed by atoms with Crippen molar-refractivity contribution in [2.24, 2.45) is 5.73 Å². The molecule has 0 heterocycles. The molecule has 0 spiro atoms. The van der Waals surface area contributed by atoms with Gasteiger partial charge in [-0.2, -0.15) is 0 Å². The van der Waals surface area contributed by atoms with Crippen molar-refractivity contribution in [3.8, 4) is 0 Å². The number of carbonyl (C=O) groups excluding carboxylic acids is 1. The number of hydrogen-bond acceptors (Lipinski definition) is 2. The van der Waals surface area contributed by atoms with E-state index in [1.807, 2.05) is 44.2 Å². The van der Waals surface area contributed by atoms with Crippen molar-refractivity contribution in [2.45, 2.75) is 26.3 Å². The Hall–Kier alpha value is -1.55. The van der Waals surface area contributed by atoms with Gasteiger partial charge < -0.3 is 11.1 Å². The minimum absolute atomic E-state index is 0.0698. The van der Waals surface area contributed by atoms with Crippen LogP contribution in [-0.4, -0.2) is 25.2 Å². The van der Waals surface area contributed by atoms with Gasteiger partial charge >= 0.3 is 6.03 Å². The summed E-state index contributed by atoms with van der Waals surface area (Å²) in [6.07, 6.45) is 0.792. The lowest BCUT2D eigenvalue weighted by Crippen LogP contribution is -2.44. The fraction of sp³-hybridized carbons (Fsp3) is 0.462. The summed E-state index contributed by atoms with van der Waals surface area (Å²) in [4.78, 5) is 13.8. The molecule has 0 aliphatic rings. The van der Waals surface area contributed by atoms with Crippen molar-refractivity contribution in [1.82, 2.24) is 5.32 Å². The highest BCUT2D eigenvalue weighted by Gasteiger charge is 2.15. The summed E-state index contributed by atoms with van der Waals surface area (Å²) in [6.45, 7) is 5.12. The molecular formula is C13H21N3O. The van der Waals surface area contributed by atoms with Crippen LogP contribution in [0.2, 0.25) is 0 Å². The first-order chi connectivity index (χ1) is 8.15. The molecule has 0 aliphatic carbocycles. The Morgan fingerprint density at radius 3 is 2.53 bits per heavy atom. The number of anilines is 1. The Bertz CT molecular complexity index is 338.